The molecular weight excluding hydrogens is 276 g/mol. The quantitative estimate of drug-likeness (QED) is 0.527. The van der Waals surface area contributed by atoms with Crippen molar-refractivity contribution in [2.24, 2.45) is 0 Å². The summed E-state index contributed by atoms with van der Waals surface area (Å²) in [5.74, 6) is 0. The summed E-state index contributed by atoms with van der Waals surface area (Å²) >= 11 is 0. The van der Waals surface area contributed by atoms with E-state index in [0.717, 1.165) is 12.0 Å². The van der Waals surface area contributed by atoms with Crippen LogP contribution in [0.25, 0.3) is 0 Å². The fourth-order valence-corrected chi connectivity index (χ4v) is 3.84. The summed E-state index contributed by atoms with van der Waals surface area (Å²) in [7, 11) is -3.54. The lowest BCUT2D eigenvalue weighted by Gasteiger charge is -2.15. The molecule has 20 heavy (non-hydrogen) atoms. The minimum Gasteiger partial charge on any atom is -0.398 e. The topological polar surface area (TPSA) is 92.4 Å². The summed E-state index contributed by atoms with van der Waals surface area (Å²) in [5.41, 5.74) is 8.65. The second-order valence-electron chi connectivity index (χ2n) is 5.06. The lowest BCUT2D eigenvalue weighted by atomic mass is 10.1. The number of unbranched alkanes of at least 4 members (excludes halogenated alkanes) is 2. The Morgan fingerprint density at radius 3 is 2.40 bits per heavy atom. The van der Waals surface area contributed by atoms with Gasteiger partial charge in [-0.25, -0.2) is 13.1 Å². The molecule has 0 saturated carbocycles. The molecule has 0 aliphatic carbocycles. The van der Waals surface area contributed by atoms with Crippen LogP contribution in [0, 0.1) is 20.8 Å². The van der Waals surface area contributed by atoms with Gasteiger partial charge in [0.25, 0.3) is 0 Å². The van der Waals surface area contributed by atoms with Crippen LogP contribution in [0.1, 0.15) is 36.0 Å². The molecule has 0 atom stereocenters. The minimum absolute atomic E-state index is 0.138. The maximum Gasteiger partial charge on any atom is 0.241 e. The number of aryl methyl sites for hydroxylation is 2. The molecule has 114 valence electrons. The average molecular weight is 300 g/mol. The van der Waals surface area contributed by atoms with Gasteiger partial charge in [0, 0.05) is 18.8 Å². The smallest absolute Gasteiger partial charge is 0.241 e. The molecule has 0 fully saturated rings. The highest BCUT2D eigenvalue weighted by Crippen LogP contribution is 2.27. The summed E-state index contributed by atoms with van der Waals surface area (Å²) in [6.07, 6.45) is 2.20. The zero-order chi connectivity index (χ0) is 15.3. The lowest BCUT2D eigenvalue weighted by Crippen LogP contribution is -2.26. The van der Waals surface area contributed by atoms with Gasteiger partial charge >= 0.3 is 0 Å². The Bertz CT molecular complexity index is 568. The molecule has 0 amide bonds. The summed E-state index contributed by atoms with van der Waals surface area (Å²) in [5, 5.41) is 8.68. The highest BCUT2D eigenvalue weighted by atomic mass is 32.2. The van der Waals surface area contributed by atoms with E-state index in [0.29, 0.717) is 36.2 Å². The van der Waals surface area contributed by atoms with Gasteiger partial charge in [-0.2, -0.15) is 0 Å². The zero-order valence-corrected chi connectivity index (χ0v) is 13.2. The van der Waals surface area contributed by atoms with E-state index in [1.54, 1.807) is 19.9 Å². The van der Waals surface area contributed by atoms with Crippen molar-refractivity contribution in [1.29, 1.82) is 0 Å². The van der Waals surface area contributed by atoms with Crippen molar-refractivity contribution in [2.75, 3.05) is 18.9 Å². The number of anilines is 1. The molecule has 0 aromatic heterocycles. The van der Waals surface area contributed by atoms with E-state index in [1.807, 2.05) is 6.92 Å². The Labute approximate surface area is 121 Å². The highest BCUT2D eigenvalue weighted by molar-refractivity contribution is 7.89. The highest BCUT2D eigenvalue weighted by Gasteiger charge is 2.21. The van der Waals surface area contributed by atoms with Crippen LogP contribution < -0.4 is 10.5 Å². The van der Waals surface area contributed by atoms with Crippen LogP contribution in [0.4, 0.5) is 5.69 Å². The largest absolute Gasteiger partial charge is 0.398 e. The molecule has 0 aliphatic rings. The summed E-state index contributed by atoms with van der Waals surface area (Å²) in [6.45, 7) is 5.89. The van der Waals surface area contributed by atoms with Crippen LogP contribution in [0.2, 0.25) is 0 Å². The number of nitrogen functional groups attached to an aromatic ring is 1. The number of rotatable bonds is 7. The van der Waals surface area contributed by atoms with Crippen molar-refractivity contribution >= 4 is 15.7 Å². The summed E-state index contributed by atoms with van der Waals surface area (Å²) in [6, 6.07) is 1.79. The third kappa shape index (κ3) is 3.94. The fraction of sp³-hybridized carbons (Fsp3) is 0.571. The first-order valence-corrected chi connectivity index (χ1v) is 8.26. The van der Waals surface area contributed by atoms with Gasteiger partial charge in [0.2, 0.25) is 10.0 Å². The molecule has 0 heterocycles. The molecule has 0 unspecified atom stereocenters. The predicted molar refractivity (Wildman–Crippen MR) is 81.2 cm³/mol. The van der Waals surface area contributed by atoms with Gasteiger partial charge in [0.1, 0.15) is 0 Å². The van der Waals surface area contributed by atoms with Crippen molar-refractivity contribution in [1.82, 2.24) is 4.72 Å². The van der Waals surface area contributed by atoms with Gasteiger partial charge in [0.15, 0.2) is 0 Å². The molecular formula is C14H24N2O3S. The zero-order valence-electron chi connectivity index (χ0n) is 12.4. The first-order valence-electron chi connectivity index (χ1n) is 6.78. The molecule has 4 N–H and O–H groups in total. The second-order valence-corrected chi connectivity index (χ2v) is 6.76. The predicted octanol–water partition coefficient (Wildman–Crippen LogP) is 1.63. The Balaban J connectivity index is 2.91. The van der Waals surface area contributed by atoms with Gasteiger partial charge in [-0.05, 0) is 56.7 Å². The number of benzene rings is 1. The van der Waals surface area contributed by atoms with Crippen LogP contribution in [-0.2, 0) is 10.0 Å². The Kier molecular flexibility index (Phi) is 5.98. The first-order chi connectivity index (χ1) is 9.31. The van der Waals surface area contributed by atoms with Gasteiger partial charge < -0.3 is 10.8 Å². The third-order valence-corrected chi connectivity index (χ3v) is 5.11. The number of hydrogen-bond acceptors (Lipinski definition) is 4. The molecule has 0 bridgehead atoms. The molecule has 1 aromatic rings. The van der Waals surface area contributed by atoms with Gasteiger partial charge in [-0.15, -0.1) is 0 Å². The van der Waals surface area contributed by atoms with Crippen molar-refractivity contribution in [3.63, 3.8) is 0 Å². The second kappa shape index (κ2) is 7.06. The number of nitrogens with two attached hydrogens (primary N) is 1. The Morgan fingerprint density at radius 2 is 1.80 bits per heavy atom. The van der Waals surface area contributed by atoms with Gasteiger partial charge in [-0.3, -0.25) is 0 Å². The molecule has 6 heteroatoms. The molecule has 0 saturated heterocycles. The molecule has 1 rings (SSSR count). The average Bonchev–Trinajstić information content (AvgIpc) is 2.35. The van der Waals surface area contributed by atoms with Gasteiger partial charge in [-0.1, -0.05) is 6.07 Å². The van der Waals surface area contributed by atoms with Crippen LogP contribution in [0.5, 0.6) is 0 Å². The SMILES string of the molecule is Cc1cc(C)c(S(=O)(=O)NCCCCCO)c(C)c1N. The van der Waals surface area contributed by atoms with E-state index in [4.69, 9.17) is 10.8 Å². The monoisotopic (exact) mass is 300 g/mol. The van der Waals surface area contributed by atoms with E-state index in [2.05, 4.69) is 4.72 Å². The van der Waals surface area contributed by atoms with Crippen LogP contribution in [-0.4, -0.2) is 26.7 Å². The molecule has 0 radical (unpaired) electrons. The maximum absolute atomic E-state index is 12.4. The first kappa shape index (κ1) is 16.9. The number of hydrogen-bond donors (Lipinski definition) is 3. The van der Waals surface area contributed by atoms with E-state index >= 15 is 0 Å². The number of aliphatic hydroxyl groups excluding tert-OH is 1. The summed E-state index contributed by atoms with van der Waals surface area (Å²) < 4.78 is 27.3. The number of sulfonamides is 1. The fourth-order valence-electron chi connectivity index (χ4n) is 2.29. The van der Waals surface area contributed by atoms with E-state index in [-0.39, 0.29) is 11.5 Å². The lowest BCUT2D eigenvalue weighted by molar-refractivity contribution is 0.283. The van der Waals surface area contributed by atoms with Crippen molar-refractivity contribution in [3.8, 4) is 0 Å². The molecule has 1 aromatic carbocycles. The number of nitrogens with one attached hydrogen (secondary N) is 1. The van der Waals surface area contributed by atoms with E-state index < -0.39 is 10.0 Å². The van der Waals surface area contributed by atoms with Crippen molar-refractivity contribution in [3.05, 3.63) is 22.8 Å². The normalized spacial score (nSPS) is 11.8. The van der Waals surface area contributed by atoms with Crippen molar-refractivity contribution in [2.45, 2.75) is 44.9 Å². The van der Waals surface area contributed by atoms with Gasteiger partial charge in [0.05, 0.1) is 4.90 Å². The molecule has 0 spiro atoms. The minimum atomic E-state index is -3.54. The van der Waals surface area contributed by atoms with Crippen LogP contribution in [0.3, 0.4) is 0 Å². The van der Waals surface area contributed by atoms with Crippen LogP contribution >= 0.6 is 0 Å². The van der Waals surface area contributed by atoms with E-state index in [1.165, 1.54) is 0 Å². The van der Waals surface area contributed by atoms with Crippen LogP contribution in [0.15, 0.2) is 11.0 Å². The Hall–Kier alpha value is -1.11. The molecule has 5 nitrogen and oxygen atoms in total. The summed E-state index contributed by atoms with van der Waals surface area (Å²) in [4.78, 5) is 0.280. The molecule has 0 aliphatic heterocycles. The maximum atomic E-state index is 12.4. The standard InChI is InChI=1S/C14H24N2O3S/c1-10-9-11(2)14(12(3)13(10)15)20(18,19)16-7-5-4-6-8-17/h9,16-17H,4-8,15H2,1-3H3. The third-order valence-electron chi connectivity index (χ3n) is 3.36. The Morgan fingerprint density at radius 1 is 1.15 bits per heavy atom. The van der Waals surface area contributed by atoms with Crippen molar-refractivity contribution < 1.29 is 13.5 Å². The van der Waals surface area contributed by atoms with E-state index in [9.17, 15) is 8.42 Å². The number of aliphatic hydroxyl groups is 1.